The fourth-order valence-corrected chi connectivity index (χ4v) is 4.60. The molecule has 0 atom stereocenters. The van der Waals surface area contributed by atoms with Crippen LogP contribution in [-0.4, -0.2) is 38.7 Å². The molecule has 2 aromatic carbocycles. The molecule has 7 heteroatoms. The molecule has 0 unspecified atom stereocenters. The highest BCUT2D eigenvalue weighted by Gasteiger charge is 2.09. The summed E-state index contributed by atoms with van der Waals surface area (Å²) < 4.78 is 9.46. The highest BCUT2D eigenvalue weighted by atomic mass is 16.5. The van der Waals surface area contributed by atoms with Crippen molar-refractivity contribution < 1.29 is 4.74 Å². The van der Waals surface area contributed by atoms with Gasteiger partial charge in [0.2, 0.25) is 0 Å². The van der Waals surface area contributed by atoms with Crippen molar-refractivity contribution in [2.24, 2.45) is 7.05 Å². The van der Waals surface area contributed by atoms with Crippen LogP contribution in [0.25, 0.3) is 21.7 Å². The van der Waals surface area contributed by atoms with Gasteiger partial charge in [-0.2, -0.15) is 0 Å². The Morgan fingerprint density at radius 3 is 2.59 bits per heavy atom. The van der Waals surface area contributed by atoms with Crippen molar-refractivity contribution >= 4 is 21.7 Å². The van der Waals surface area contributed by atoms with E-state index in [0.29, 0.717) is 13.2 Å². The molecule has 0 saturated carbocycles. The van der Waals surface area contributed by atoms with Crippen LogP contribution in [0.2, 0.25) is 0 Å². The number of hydrogen-bond acceptors (Lipinski definition) is 5. The number of hydrogen-bond donors (Lipinski definition) is 0. The first-order valence-electron chi connectivity index (χ1n) is 12.5. The molecule has 37 heavy (non-hydrogen) atoms. The Balaban J connectivity index is 1.22. The third-order valence-electron chi connectivity index (χ3n) is 6.68. The number of aromatic nitrogens is 3. The maximum absolute atomic E-state index is 12.9. The van der Waals surface area contributed by atoms with E-state index >= 15 is 0 Å². The second kappa shape index (κ2) is 11.2. The number of pyridine rings is 3. The van der Waals surface area contributed by atoms with E-state index in [0.717, 1.165) is 53.5 Å². The Bertz CT molecular complexity index is 1630. The minimum atomic E-state index is -0.0265. The second-order valence-electron chi connectivity index (χ2n) is 9.19. The summed E-state index contributed by atoms with van der Waals surface area (Å²) in [4.78, 5) is 31.3. The van der Waals surface area contributed by atoms with Crippen LogP contribution in [0, 0.1) is 0 Å². The topological polar surface area (TPSA) is 69.4 Å². The van der Waals surface area contributed by atoms with Crippen LogP contribution in [0.3, 0.4) is 0 Å². The average molecular weight is 495 g/mol. The van der Waals surface area contributed by atoms with E-state index < -0.39 is 0 Å². The molecule has 3 aromatic heterocycles. The number of benzene rings is 2. The number of ether oxygens (including phenoxy) is 1. The average Bonchev–Trinajstić information content (AvgIpc) is 2.93. The van der Waals surface area contributed by atoms with E-state index in [1.54, 1.807) is 34.6 Å². The fraction of sp³-hybridized carbons (Fsp3) is 0.233. The quantitative estimate of drug-likeness (QED) is 0.272. The van der Waals surface area contributed by atoms with Gasteiger partial charge >= 0.3 is 0 Å². The molecule has 0 aliphatic rings. The van der Waals surface area contributed by atoms with Crippen LogP contribution in [0.5, 0.6) is 5.75 Å². The summed E-state index contributed by atoms with van der Waals surface area (Å²) in [5.41, 5.74) is 2.08. The lowest BCUT2D eigenvalue weighted by molar-refractivity contribution is 0.221. The van der Waals surface area contributed by atoms with Gasteiger partial charge in [-0.15, -0.1) is 0 Å². The third-order valence-corrected chi connectivity index (χ3v) is 6.68. The van der Waals surface area contributed by atoms with Gasteiger partial charge in [0, 0.05) is 68.7 Å². The highest BCUT2D eigenvalue weighted by Crippen LogP contribution is 2.19. The van der Waals surface area contributed by atoms with Crippen LogP contribution >= 0.6 is 0 Å². The standard InChI is InChI=1S/C30H30N4O3/c1-32-28-9-8-26(21-25(28)7-10-29(32)35)37-20-4-16-33(22-23-11-14-31-15-12-23)18-19-34-17-13-24-5-2-3-6-27(24)30(34)36/h2-3,5-15,17,21H,4,16,18-20,22H2,1H3. The highest BCUT2D eigenvalue weighted by molar-refractivity contribution is 5.81. The lowest BCUT2D eigenvalue weighted by atomic mass is 10.2. The Morgan fingerprint density at radius 1 is 0.892 bits per heavy atom. The first-order chi connectivity index (χ1) is 18.1. The van der Waals surface area contributed by atoms with E-state index in [-0.39, 0.29) is 11.1 Å². The number of aryl methyl sites for hydroxylation is 1. The smallest absolute Gasteiger partial charge is 0.258 e. The van der Waals surface area contributed by atoms with Crippen molar-refractivity contribution in [3.05, 3.63) is 118 Å². The minimum absolute atomic E-state index is 0.0265. The summed E-state index contributed by atoms with van der Waals surface area (Å²) in [6, 6.07) is 22.9. The first-order valence-corrected chi connectivity index (χ1v) is 12.5. The molecule has 0 radical (unpaired) electrons. The SMILES string of the molecule is Cn1c(=O)ccc2cc(OCCCN(CCn3ccc4ccccc4c3=O)Cc3ccncc3)ccc21. The van der Waals surface area contributed by atoms with E-state index in [2.05, 4.69) is 9.88 Å². The van der Waals surface area contributed by atoms with Gasteiger partial charge in [-0.25, -0.2) is 0 Å². The van der Waals surface area contributed by atoms with Gasteiger partial charge in [0.05, 0.1) is 12.1 Å². The second-order valence-corrected chi connectivity index (χ2v) is 9.19. The first kappa shape index (κ1) is 24.5. The number of rotatable bonds is 10. The summed E-state index contributed by atoms with van der Waals surface area (Å²) in [5, 5.41) is 2.68. The molecule has 5 rings (SSSR count). The third kappa shape index (κ3) is 5.78. The van der Waals surface area contributed by atoms with Gasteiger partial charge in [-0.05, 0) is 65.9 Å². The molecule has 0 aliphatic carbocycles. The van der Waals surface area contributed by atoms with Crippen LogP contribution < -0.4 is 15.9 Å². The minimum Gasteiger partial charge on any atom is -0.494 e. The molecule has 7 nitrogen and oxygen atoms in total. The van der Waals surface area contributed by atoms with Crippen molar-refractivity contribution in [2.75, 3.05) is 19.7 Å². The van der Waals surface area contributed by atoms with E-state index in [4.69, 9.17) is 4.74 Å². The van der Waals surface area contributed by atoms with Crippen molar-refractivity contribution in [2.45, 2.75) is 19.5 Å². The predicted molar refractivity (Wildman–Crippen MR) is 147 cm³/mol. The van der Waals surface area contributed by atoms with E-state index in [9.17, 15) is 9.59 Å². The molecular formula is C30H30N4O3. The molecule has 0 fully saturated rings. The van der Waals surface area contributed by atoms with Gasteiger partial charge in [-0.3, -0.25) is 19.5 Å². The lowest BCUT2D eigenvalue weighted by Crippen LogP contribution is -2.32. The van der Waals surface area contributed by atoms with Crippen molar-refractivity contribution in [1.82, 2.24) is 19.0 Å². The maximum atomic E-state index is 12.9. The molecule has 0 spiro atoms. The molecule has 5 aromatic rings. The number of nitrogens with zero attached hydrogens (tertiary/aromatic N) is 4. The molecular weight excluding hydrogens is 464 g/mol. The Labute approximate surface area is 215 Å². The van der Waals surface area contributed by atoms with Gasteiger partial charge in [-0.1, -0.05) is 18.2 Å². The maximum Gasteiger partial charge on any atom is 0.258 e. The molecule has 0 N–H and O–H groups in total. The molecule has 0 amide bonds. The predicted octanol–water partition coefficient (Wildman–Crippen LogP) is 4.22. The van der Waals surface area contributed by atoms with Gasteiger partial charge < -0.3 is 13.9 Å². The lowest BCUT2D eigenvalue weighted by Gasteiger charge is -2.23. The van der Waals surface area contributed by atoms with Gasteiger partial charge in [0.15, 0.2) is 0 Å². The molecule has 188 valence electrons. The van der Waals surface area contributed by atoms with Crippen LogP contribution in [0.4, 0.5) is 0 Å². The van der Waals surface area contributed by atoms with Gasteiger partial charge in [0.25, 0.3) is 11.1 Å². The summed E-state index contributed by atoms with van der Waals surface area (Å²) in [7, 11) is 1.77. The van der Waals surface area contributed by atoms with Crippen LogP contribution in [0.15, 0.2) is 101 Å². The largest absolute Gasteiger partial charge is 0.494 e. The zero-order valence-electron chi connectivity index (χ0n) is 20.9. The van der Waals surface area contributed by atoms with Crippen LogP contribution in [0.1, 0.15) is 12.0 Å². The normalized spacial score (nSPS) is 11.4. The molecule has 0 saturated heterocycles. The van der Waals surface area contributed by atoms with E-state index in [1.807, 2.05) is 72.9 Å². The van der Waals surface area contributed by atoms with Crippen molar-refractivity contribution in [1.29, 1.82) is 0 Å². The molecule has 0 bridgehead atoms. The summed E-state index contributed by atoms with van der Waals surface area (Å²) in [5.74, 6) is 0.787. The molecule has 3 heterocycles. The van der Waals surface area contributed by atoms with E-state index in [1.165, 1.54) is 5.56 Å². The van der Waals surface area contributed by atoms with Crippen molar-refractivity contribution in [3.8, 4) is 5.75 Å². The zero-order chi connectivity index (χ0) is 25.6. The van der Waals surface area contributed by atoms with Gasteiger partial charge in [0.1, 0.15) is 5.75 Å². The summed E-state index contributed by atoms with van der Waals surface area (Å²) >= 11 is 0. The fourth-order valence-electron chi connectivity index (χ4n) is 4.60. The summed E-state index contributed by atoms with van der Waals surface area (Å²) in [6.45, 7) is 3.52. The number of fused-ring (bicyclic) bond motifs is 2. The Kier molecular flexibility index (Phi) is 7.42. The van der Waals surface area contributed by atoms with Crippen molar-refractivity contribution in [3.63, 3.8) is 0 Å². The monoisotopic (exact) mass is 494 g/mol. The van der Waals surface area contributed by atoms with Crippen LogP contribution in [-0.2, 0) is 20.1 Å². The Hall–Kier alpha value is -4.23. The Morgan fingerprint density at radius 2 is 1.73 bits per heavy atom. The zero-order valence-corrected chi connectivity index (χ0v) is 20.9. The summed E-state index contributed by atoms with van der Waals surface area (Å²) in [6.07, 6.45) is 6.33. The molecule has 0 aliphatic heterocycles.